The van der Waals surface area contributed by atoms with Gasteiger partial charge in [0.05, 0.1) is 42.6 Å². The first-order valence-electron chi connectivity index (χ1n) is 24.5. The summed E-state index contributed by atoms with van der Waals surface area (Å²) in [5.74, 6) is -2.90. The highest BCUT2D eigenvalue weighted by Crippen LogP contribution is 2.35. The number of carbonyl (C=O) groups is 8. The number of hydrogen-bond donors (Lipinski definition) is 7. The maximum atomic E-state index is 13.2. The molecule has 6 atom stereocenters. The zero-order valence-electron chi connectivity index (χ0n) is 40.3. The van der Waals surface area contributed by atoms with E-state index in [-0.39, 0.29) is 97.3 Å². The van der Waals surface area contributed by atoms with Gasteiger partial charge in [0.2, 0.25) is 39.6 Å². The van der Waals surface area contributed by atoms with Crippen molar-refractivity contribution < 1.29 is 51.5 Å². The zero-order chi connectivity index (χ0) is 50.7. The number of hydrogen-bond acceptors (Lipinski definition) is 15. The second kappa shape index (κ2) is 24.8. The van der Waals surface area contributed by atoms with Gasteiger partial charge in [0.15, 0.2) is 6.61 Å². The average molecular weight is 1020 g/mol. The molecule has 7 N–H and O–H groups in total. The van der Waals surface area contributed by atoms with Crippen LogP contribution in [-0.2, 0) is 38.8 Å². The molecule has 0 bridgehead atoms. The number of nitrogens with one attached hydrogen (secondary N) is 7. The van der Waals surface area contributed by atoms with Crippen molar-refractivity contribution in [3.8, 4) is 5.75 Å². The molecule has 6 unspecified atom stereocenters. The molecule has 0 radical (unpaired) electrons. The van der Waals surface area contributed by atoms with E-state index in [1.165, 1.54) is 28.1 Å². The number of rotatable bonds is 23. The lowest BCUT2D eigenvalue weighted by atomic mass is 9.87. The minimum Gasteiger partial charge on any atom is -0.483 e. The SMILES string of the molecule is CN(CC(=O)NCCCCCCCCNC(=O)COc1cccc2c1C(=O)N(C1CCC(=O)NC1=O)C2=O)C1CC(c2cccc(C3CSC(NC(=O)CNC(=O)C4CCN(S(C)(=O)=O)C4)N3)c2)CCN1. The molecule has 386 valence electrons. The van der Waals surface area contributed by atoms with E-state index in [0.717, 1.165) is 80.4 Å². The standard InChI is InChI=1S/C48H66N10O11S2/c1-56(38-24-31(17-21-49-38)30-11-9-12-32(23-30)35-29-70-48(53-35)55-40(60)25-52-44(63)33-18-22-57(26-33)71(2,67)68)27-41(61)50-19-7-5-3-4-6-8-20-51-42(62)28-69-37-14-10-13-34-43(37)47(66)58(46(34)65)36-15-16-39(59)54-45(36)64/h9-14,23,31,33,35-36,38,48-49,53H,3-8,15-22,24-29H2,1-2H3,(H,50,61)(H,51,62)(H,52,63)(H,55,60)(H,54,59,64). The fraction of sp³-hybridized carbons (Fsp3) is 0.583. The van der Waals surface area contributed by atoms with Gasteiger partial charge < -0.3 is 31.3 Å². The number of ether oxygens (including phenoxy) is 1. The maximum Gasteiger partial charge on any atom is 0.266 e. The number of nitrogens with zero attached hydrogens (tertiary/aromatic N) is 3. The number of piperidine rings is 2. The number of amides is 8. The van der Waals surface area contributed by atoms with Crippen molar-refractivity contribution in [2.75, 3.05) is 71.5 Å². The predicted molar refractivity (Wildman–Crippen MR) is 263 cm³/mol. The van der Waals surface area contributed by atoms with Gasteiger partial charge in [-0.05, 0) is 81.3 Å². The van der Waals surface area contributed by atoms with E-state index in [4.69, 9.17) is 4.74 Å². The Morgan fingerprint density at radius 2 is 1.58 bits per heavy atom. The molecule has 0 spiro atoms. The van der Waals surface area contributed by atoms with Crippen LogP contribution in [0.1, 0.15) is 114 Å². The Bertz CT molecular complexity index is 2440. The van der Waals surface area contributed by atoms with E-state index in [0.29, 0.717) is 32.0 Å². The smallest absolute Gasteiger partial charge is 0.266 e. The van der Waals surface area contributed by atoms with Gasteiger partial charge in [-0.3, -0.25) is 58.8 Å². The number of likely N-dealkylation sites (N-methyl/N-ethyl adjacent to an activating group) is 1. The number of thioether (sulfide) groups is 1. The highest BCUT2D eigenvalue weighted by atomic mass is 32.2. The molecule has 2 aromatic rings. The second-order valence-electron chi connectivity index (χ2n) is 18.8. The summed E-state index contributed by atoms with van der Waals surface area (Å²) in [6, 6.07) is 12.0. The molecule has 8 amide bonds. The fourth-order valence-electron chi connectivity index (χ4n) is 9.67. The highest BCUT2D eigenvalue weighted by molar-refractivity contribution is 8.00. The van der Waals surface area contributed by atoms with E-state index >= 15 is 0 Å². The quantitative estimate of drug-likeness (QED) is 0.0595. The summed E-state index contributed by atoms with van der Waals surface area (Å²) in [4.78, 5) is 104. The Labute approximate surface area is 418 Å². The van der Waals surface area contributed by atoms with Crippen molar-refractivity contribution in [2.24, 2.45) is 5.92 Å². The number of imide groups is 2. The molecule has 23 heteroatoms. The third kappa shape index (κ3) is 14.4. The van der Waals surface area contributed by atoms with Gasteiger partial charge in [-0.2, -0.15) is 0 Å². The first-order valence-corrected chi connectivity index (χ1v) is 27.4. The lowest BCUT2D eigenvalue weighted by molar-refractivity contribution is -0.136. The third-order valence-electron chi connectivity index (χ3n) is 13.6. The van der Waals surface area contributed by atoms with Crippen LogP contribution in [0.2, 0.25) is 0 Å². The van der Waals surface area contributed by atoms with Crippen molar-refractivity contribution in [1.29, 1.82) is 0 Å². The van der Waals surface area contributed by atoms with Crippen LogP contribution in [-0.4, -0.2) is 159 Å². The molecule has 0 aliphatic carbocycles. The molecule has 21 nitrogen and oxygen atoms in total. The minimum absolute atomic E-state index is 0.00915. The summed E-state index contributed by atoms with van der Waals surface area (Å²) < 4.78 is 30.5. The first-order chi connectivity index (χ1) is 34.0. The Morgan fingerprint density at radius 3 is 2.31 bits per heavy atom. The number of sulfonamides is 1. The molecule has 5 aliphatic heterocycles. The van der Waals surface area contributed by atoms with Crippen molar-refractivity contribution >= 4 is 69.0 Å². The Balaban J connectivity index is 0.718. The molecule has 5 aliphatic rings. The summed E-state index contributed by atoms with van der Waals surface area (Å²) >= 11 is 1.58. The Kier molecular flexibility index (Phi) is 18.6. The number of benzene rings is 2. The average Bonchev–Trinajstić information content (AvgIpc) is 4.10. The van der Waals surface area contributed by atoms with Gasteiger partial charge in [-0.25, -0.2) is 12.7 Å². The molecule has 2 aromatic carbocycles. The number of unbranched alkanes of at least 4 members (excludes halogenated alkanes) is 5. The van der Waals surface area contributed by atoms with Crippen molar-refractivity contribution in [3.05, 3.63) is 64.7 Å². The van der Waals surface area contributed by atoms with Gasteiger partial charge in [-0.15, -0.1) is 11.8 Å². The summed E-state index contributed by atoms with van der Waals surface area (Å²) in [5, 5.41) is 20.7. The van der Waals surface area contributed by atoms with Gasteiger partial charge in [-0.1, -0.05) is 56.0 Å². The first kappa shape index (κ1) is 53.3. The molecule has 0 saturated carbocycles. The van der Waals surface area contributed by atoms with Crippen LogP contribution in [0.5, 0.6) is 5.75 Å². The molecule has 4 saturated heterocycles. The summed E-state index contributed by atoms with van der Waals surface area (Å²) in [6.45, 7) is 2.02. The molecule has 0 aromatic heterocycles. The number of carbonyl (C=O) groups excluding carboxylic acids is 8. The van der Waals surface area contributed by atoms with Crippen LogP contribution in [0.25, 0.3) is 0 Å². The van der Waals surface area contributed by atoms with E-state index in [1.54, 1.807) is 11.8 Å². The normalized spacial score (nSPS) is 23.6. The topological polar surface area (TPSA) is 274 Å². The van der Waals surface area contributed by atoms with Crippen LogP contribution in [0.15, 0.2) is 42.5 Å². The van der Waals surface area contributed by atoms with Gasteiger partial charge >= 0.3 is 0 Å². The van der Waals surface area contributed by atoms with Crippen LogP contribution >= 0.6 is 11.8 Å². The van der Waals surface area contributed by atoms with E-state index in [2.05, 4.69) is 66.4 Å². The van der Waals surface area contributed by atoms with E-state index < -0.39 is 45.6 Å². The molecule has 7 rings (SSSR count). The zero-order valence-corrected chi connectivity index (χ0v) is 41.9. The lowest BCUT2D eigenvalue weighted by Gasteiger charge is -2.36. The maximum absolute atomic E-state index is 13.2. The Morgan fingerprint density at radius 1 is 0.859 bits per heavy atom. The monoisotopic (exact) mass is 1020 g/mol. The third-order valence-corrected chi connectivity index (χ3v) is 16.0. The van der Waals surface area contributed by atoms with Crippen LogP contribution in [0.3, 0.4) is 0 Å². The van der Waals surface area contributed by atoms with Crippen molar-refractivity contribution in [1.82, 2.24) is 51.3 Å². The Hall–Kier alpha value is -5.46. The summed E-state index contributed by atoms with van der Waals surface area (Å²) in [5.41, 5.74) is 2.11. The van der Waals surface area contributed by atoms with Crippen LogP contribution in [0, 0.1) is 5.92 Å². The van der Waals surface area contributed by atoms with E-state index in [1.807, 2.05) is 7.05 Å². The molecule has 4 fully saturated rings. The van der Waals surface area contributed by atoms with Gasteiger partial charge in [0.25, 0.3) is 17.7 Å². The van der Waals surface area contributed by atoms with Crippen LogP contribution in [0.4, 0.5) is 0 Å². The van der Waals surface area contributed by atoms with E-state index in [9.17, 15) is 46.8 Å². The van der Waals surface area contributed by atoms with Crippen LogP contribution < -0.4 is 42.0 Å². The predicted octanol–water partition coefficient (Wildman–Crippen LogP) is 0.640. The number of fused-ring (bicyclic) bond motifs is 1. The molecular formula is C48H66N10O11S2. The summed E-state index contributed by atoms with van der Waals surface area (Å²) in [6.07, 6.45) is 8.94. The largest absolute Gasteiger partial charge is 0.483 e. The van der Waals surface area contributed by atoms with Gasteiger partial charge in [0, 0.05) is 44.4 Å². The highest BCUT2D eigenvalue weighted by Gasteiger charge is 2.46. The molecular weight excluding hydrogens is 957 g/mol. The summed E-state index contributed by atoms with van der Waals surface area (Å²) in [7, 11) is -1.39. The molecule has 5 heterocycles. The molecule has 71 heavy (non-hydrogen) atoms. The van der Waals surface area contributed by atoms with Crippen molar-refractivity contribution in [2.45, 2.75) is 100 Å². The van der Waals surface area contributed by atoms with Crippen molar-refractivity contribution in [3.63, 3.8) is 0 Å². The van der Waals surface area contributed by atoms with Gasteiger partial charge in [0.1, 0.15) is 17.3 Å². The minimum atomic E-state index is -3.36. The second-order valence-corrected chi connectivity index (χ2v) is 22.0. The lowest BCUT2D eigenvalue weighted by Crippen LogP contribution is -2.54. The fourth-order valence-corrected chi connectivity index (χ4v) is 11.7.